The molecule has 1 unspecified atom stereocenters. The molecule has 458 valence electrons. The molecule has 0 spiro atoms. The van der Waals surface area contributed by atoms with Gasteiger partial charge in [-0.15, -0.1) is 0 Å². The van der Waals surface area contributed by atoms with E-state index in [1.807, 2.05) is 0 Å². The fraction of sp³-hybridized carbons (Fsp3) is 0.500. The minimum Gasteiger partial charge on any atom is -0.508 e. The van der Waals surface area contributed by atoms with Gasteiger partial charge in [0.05, 0.1) is 0 Å². The van der Waals surface area contributed by atoms with Gasteiger partial charge in [-0.3, -0.25) is 0 Å². The molecule has 43 heteroatoms. The van der Waals surface area contributed by atoms with Gasteiger partial charge >= 0.3 is 107 Å². The lowest BCUT2D eigenvalue weighted by Crippen LogP contribution is -2.69. The molecule has 0 aliphatic heterocycles. The van der Waals surface area contributed by atoms with Crippen molar-refractivity contribution in [3.05, 3.63) is 89.5 Å². The number of hydrogen-bond acceptors (Lipinski definition) is 3. The maximum absolute atomic E-state index is 13.6. The smallest absolute Gasteiger partial charge is 0.460 e. The molecule has 0 aliphatic carbocycles. The summed E-state index contributed by atoms with van der Waals surface area (Å²) >= 11 is 0. The number of benzene rings is 3. The lowest BCUT2D eigenvalue weighted by molar-refractivity contribution is -0.441. The predicted molar refractivity (Wildman–Crippen MR) is 185 cm³/mol. The fourth-order valence-corrected chi connectivity index (χ4v) is 4.86. The third kappa shape index (κ3) is 11.5. The molecule has 3 rings (SSSR count). The summed E-state index contributed by atoms with van der Waals surface area (Å²) in [6, 6.07) is 0.579. The van der Waals surface area contributed by atoms with Crippen molar-refractivity contribution in [2.75, 3.05) is 0 Å². The molecule has 0 radical (unpaired) electrons. The van der Waals surface area contributed by atoms with E-state index in [0.717, 1.165) is 0 Å². The maximum atomic E-state index is 13.6. The Morgan fingerprint density at radius 3 is 0.405 bits per heavy atom. The quantitative estimate of drug-likeness (QED) is 0.105. The number of alkyl halides is 39. The van der Waals surface area contributed by atoms with Crippen LogP contribution in [0.3, 0.4) is 0 Å². The summed E-state index contributed by atoms with van der Waals surface area (Å²) in [5.74, 6) is -114. The van der Waals surface area contributed by atoms with Gasteiger partial charge in [-0.1, -0.05) is 0 Å². The standard InChI is InChI=1S/3C12H5F13O.H3P/c3*13-7(14,5-1-3-6(26)4-2-5)8(15,16)9(17,18)10(19,20)11(21,22)12(23,24)25;/h3*1-4,26H;1H3. The Bertz CT molecular complexity index is 2210. The lowest BCUT2D eigenvalue weighted by Gasteiger charge is -2.39. The minimum absolute atomic E-state index is 0. The van der Waals surface area contributed by atoms with Crippen molar-refractivity contribution in [1.82, 2.24) is 0 Å². The van der Waals surface area contributed by atoms with E-state index in [0.29, 0.717) is 0 Å². The lowest BCUT2D eigenvalue weighted by atomic mass is 9.90. The molecule has 0 aromatic heterocycles. The van der Waals surface area contributed by atoms with E-state index in [1.54, 1.807) is 0 Å². The zero-order chi connectivity index (χ0) is 62.9. The Morgan fingerprint density at radius 2 is 0.291 bits per heavy atom. The van der Waals surface area contributed by atoms with Gasteiger partial charge in [-0.25, -0.2) is 0 Å². The second-order valence-electron chi connectivity index (χ2n) is 14.7. The molecule has 1 atom stereocenters. The van der Waals surface area contributed by atoms with Crippen LogP contribution in [-0.2, 0) is 17.8 Å². The van der Waals surface area contributed by atoms with Crippen molar-refractivity contribution in [1.29, 1.82) is 0 Å². The summed E-state index contributed by atoms with van der Waals surface area (Å²) in [5, 5.41) is 26.4. The summed E-state index contributed by atoms with van der Waals surface area (Å²) in [5.41, 5.74) is -6.44. The highest BCUT2D eigenvalue weighted by atomic mass is 31.0. The predicted octanol–water partition coefficient (Wildman–Crippen LogP) is 16.8. The summed E-state index contributed by atoms with van der Waals surface area (Å²) in [6.07, 6.45) is -22.3. The van der Waals surface area contributed by atoms with E-state index >= 15 is 0 Å². The molecule has 79 heavy (non-hydrogen) atoms. The van der Waals surface area contributed by atoms with Crippen molar-refractivity contribution < 1.29 is 187 Å². The van der Waals surface area contributed by atoms with Crippen LogP contribution >= 0.6 is 9.90 Å². The van der Waals surface area contributed by atoms with E-state index in [9.17, 15) is 171 Å². The van der Waals surface area contributed by atoms with E-state index in [4.69, 9.17) is 15.3 Å². The highest BCUT2D eigenvalue weighted by Crippen LogP contribution is 2.65. The van der Waals surface area contributed by atoms with Gasteiger partial charge in [0.25, 0.3) is 0 Å². The number of phenols is 3. The second-order valence-corrected chi connectivity index (χ2v) is 14.7. The number of aromatic hydroxyl groups is 3. The Balaban J connectivity index is 0.00000115. The third-order valence-corrected chi connectivity index (χ3v) is 9.49. The molecule has 3 aromatic rings. The molecular weight excluding hydrogens is 1250 g/mol. The number of hydrogen-bond donors (Lipinski definition) is 3. The first-order valence-corrected chi connectivity index (χ1v) is 18.0. The molecule has 0 fully saturated rings. The molecule has 0 aliphatic rings. The average Bonchev–Trinajstić information content (AvgIpc) is 3.25. The average molecular weight is 1270 g/mol. The van der Waals surface area contributed by atoms with Crippen molar-refractivity contribution in [3.63, 3.8) is 0 Å². The van der Waals surface area contributed by atoms with Gasteiger partial charge in [0.2, 0.25) is 0 Å². The van der Waals surface area contributed by atoms with Crippen molar-refractivity contribution >= 4 is 9.90 Å². The summed E-state index contributed by atoms with van der Waals surface area (Å²) in [4.78, 5) is 0. The van der Waals surface area contributed by atoms with Crippen LogP contribution in [0.15, 0.2) is 72.8 Å². The first-order valence-electron chi connectivity index (χ1n) is 18.0. The van der Waals surface area contributed by atoms with Crippen molar-refractivity contribution in [2.45, 2.75) is 107 Å². The van der Waals surface area contributed by atoms with Gasteiger partial charge in [0.15, 0.2) is 0 Å². The molecule has 3 nitrogen and oxygen atoms in total. The number of halogens is 39. The fourth-order valence-electron chi connectivity index (χ4n) is 4.86. The molecule has 3 aromatic carbocycles. The van der Waals surface area contributed by atoms with Gasteiger partial charge in [0, 0.05) is 16.7 Å². The zero-order valence-electron chi connectivity index (χ0n) is 35.7. The molecule has 0 heterocycles. The Morgan fingerprint density at radius 1 is 0.177 bits per heavy atom. The Hall–Kier alpha value is -5.24. The largest absolute Gasteiger partial charge is 0.508 e. The highest BCUT2D eigenvalue weighted by Gasteiger charge is 2.93. The molecule has 3 N–H and O–H groups in total. The minimum atomic E-state index is -7.93. The van der Waals surface area contributed by atoms with E-state index < -0.39 is 141 Å². The Labute approximate surface area is 411 Å². The van der Waals surface area contributed by atoms with Crippen LogP contribution in [0.25, 0.3) is 0 Å². The monoisotopic (exact) mass is 1270 g/mol. The number of rotatable bonds is 15. The zero-order valence-corrected chi connectivity index (χ0v) is 37.1. The third-order valence-electron chi connectivity index (χ3n) is 9.49. The summed E-state index contributed by atoms with van der Waals surface area (Å²) in [6.45, 7) is 0. The summed E-state index contributed by atoms with van der Waals surface area (Å²) in [7, 11) is 0. The van der Waals surface area contributed by atoms with Gasteiger partial charge in [0.1, 0.15) is 17.2 Å². The van der Waals surface area contributed by atoms with Gasteiger partial charge in [-0.2, -0.15) is 181 Å². The van der Waals surface area contributed by atoms with Crippen LogP contribution in [-0.4, -0.2) is 105 Å². The SMILES string of the molecule is Oc1ccc(C(F)(F)C(F)(F)C(F)(F)C(F)(F)C(F)(F)C(F)(F)F)cc1.Oc1ccc(C(F)(F)C(F)(F)C(F)(F)C(F)(F)C(F)(F)C(F)(F)F)cc1.Oc1ccc(C(F)(F)C(F)(F)C(F)(F)C(F)(F)C(F)(F)C(F)(F)F)cc1.P. The topological polar surface area (TPSA) is 60.7 Å². The normalized spacial score (nSPS) is 15.1. The van der Waals surface area contributed by atoms with Crippen LogP contribution < -0.4 is 0 Å². The molecule has 0 saturated carbocycles. The van der Waals surface area contributed by atoms with Crippen LogP contribution in [0.5, 0.6) is 17.2 Å². The van der Waals surface area contributed by atoms with E-state index in [1.165, 1.54) is 0 Å². The van der Waals surface area contributed by atoms with Crippen molar-refractivity contribution in [3.8, 4) is 17.2 Å². The molecule has 0 bridgehead atoms. The van der Waals surface area contributed by atoms with Gasteiger partial charge < -0.3 is 15.3 Å². The van der Waals surface area contributed by atoms with Crippen LogP contribution in [0.4, 0.5) is 171 Å². The maximum Gasteiger partial charge on any atom is 0.460 e. The van der Waals surface area contributed by atoms with E-state index in [2.05, 4.69) is 0 Å². The molecule has 0 amide bonds. The van der Waals surface area contributed by atoms with E-state index in [-0.39, 0.29) is 82.7 Å². The summed E-state index contributed by atoms with van der Waals surface area (Å²) < 4.78 is 502. The van der Waals surface area contributed by atoms with Crippen LogP contribution in [0, 0.1) is 0 Å². The van der Waals surface area contributed by atoms with Crippen LogP contribution in [0.1, 0.15) is 16.7 Å². The Kier molecular flexibility index (Phi) is 19.8. The first kappa shape index (κ1) is 73.8. The van der Waals surface area contributed by atoms with Crippen LogP contribution in [0.2, 0.25) is 0 Å². The first-order chi connectivity index (χ1) is 33.7. The van der Waals surface area contributed by atoms with Gasteiger partial charge in [-0.05, 0) is 72.8 Å². The molecular formula is C36H18F39O3P. The number of phenolic OH excluding ortho intramolecular Hbond substituents is 3. The molecule has 0 saturated heterocycles. The highest BCUT2D eigenvalue weighted by molar-refractivity contribution is 6.92. The second kappa shape index (κ2) is 21.3. The van der Waals surface area contributed by atoms with Crippen molar-refractivity contribution in [2.24, 2.45) is 0 Å².